The van der Waals surface area contributed by atoms with Crippen LogP contribution >= 0.6 is 0 Å². The second-order valence-electron chi connectivity index (χ2n) is 6.89. The van der Waals surface area contributed by atoms with Crippen LogP contribution in [-0.2, 0) is 13.2 Å². The molecule has 4 aromatic heterocycles. The molecule has 0 unspecified atom stereocenters. The summed E-state index contributed by atoms with van der Waals surface area (Å²) in [6, 6.07) is 8.19. The van der Waals surface area contributed by atoms with Crippen LogP contribution in [-0.4, -0.2) is 34.6 Å². The van der Waals surface area contributed by atoms with Crippen molar-refractivity contribution in [2.24, 2.45) is 7.05 Å². The predicted octanol–water partition coefficient (Wildman–Crippen LogP) is 4.17. The smallest absolute Gasteiger partial charge is 0.415 e. The highest BCUT2D eigenvalue weighted by Gasteiger charge is 2.31. The molecule has 0 saturated carbocycles. The number of aromatic nitrogens is 7. The minimum Gasteiger partial charge on any atom is -0.415 e. The zero-order valence-electron chi connectivity index (χ0n) is 16.3. The van der Waals surface area contributed by atoms with Gasteiger partial charge in [0.05, 0.1) is 17.5 Å². The van der Waals surface area contributed by atoms with E-state index >= 15 is 0 Å². The Balaban J connectivity index is 1.55. The molecule has 31 heavy (non-hydrogen) atoms. The van der Waals surface area contributed by atoms with Crippen LogP contribution in [0.25, 0.3) is 39.9 Å². The first-order valence-electron chi connectivity index (χ1n) is 9.16. The molecule has 0 fully saturated rings. The van der Waals surface area contributed by atoms with Gasteiger partial charge in [-0.3, -0.25) is 4.68 Å². The zero-order chi connectivity index (χ0) is 21.8. The average molecular weight is 425 g/mol. The van der Waals surface area contributed by atoms with Crippen molar-refractivity contribution in [1.29, 1.82) is 0 Å². The Bertz CT molecular complexity index is 1410. The largest absolute Gasteiger partial charge is 0.416 e. The summed E-state index contributed by atoms with van der Waals surface area (Å²) in [6.45, 7) is 1.94. The third kappa shape index (κ3) is 3.23. The summed E-state index contributed by atoms with van der Waals surface area (Å²) in [7, 11) is 1.85. The summed E-state index contributed by atoms with van der Waals surface area (Å²) in [5.41, 5.74) is 2.90. The topological polar surface area (TPSA) is 86.9 Å². The van der Waals surface area contributed by atoms with Crippen molar-refractivity contribution in [1.82, 2.24) is 34.6 Å². The molecule has 5 rings (SSSR count). The van der Waals surface area contributed by atoms with Crippen LogP contribution in [0.4, 0.5) is 13.2 Å². The van der Waals surface area contributed by atoms with Gasteiger partial charge in [0.15, 0.2) is 11.3 Å². The molecule has 0 bridgehead atoms. The van der Waals surface area contributed by atoms with Crippen molar-refractivity contribution in [3.05, 3.63) is 60.0 Å². The van der Waals surface area contributed by atoms with Gasteiger partial charge in [-0.2, -0.15) is 23.4 Å². The molecule has 0 N–H and O–H groups in total. The van der Waals surface area contributed by atoms with Crippen molar-refractivity contribution in [2.45, 2.75) is 13.1 Å². The van der Waals surface area contributed by atoms with Crippen molar-refractivity contribution in [2.75, 3.05) is 0 Å². The maximum atomic E-state index is 13.0. The van der Waals surface area contributed by atoms with Gasteiger partial charge in [0.25, 0.3) is 5.89 Å². The molecule has 0 aliphatic heterocycles. The lowest BCUT2D eigenvalue weighted by Crippen LogP contribution is -2.04. The van der Waals surface area contributed by atoms with Gasteiger partial charge in [-0.1, -0.05) is 6.07 Å². The van der Waals surface area contributed by atoms with Crippen LogP contribution in [0, 0.1) is 6.92 Å². The molecule has 11 heteroatoms. The Kier molecular flexibility index (Phi) is 4.14. The maximum Gasteiger partial charge on any atom is 0.416 e. The summed E-state index contributed by atoms with van der Waals surface area (Å²) >= 11 is 0. The molecule has 1 aromatic carbocycles. The summed E-state index contributed by atoms with van der Waals surface area (Å²) in [6.07, 6.45) is -1.07. The number of aryl methyl sites for hydroxylation is 1. The van der Waals surface area contributed by atoms with Gasteiger partial charge in [-0.25, -0.2) is 9.50 Å². The van der Waals surface area contributed by atoms with Crippen LogP contribution in [0.1, 0.15) is 11.3 Å². The summed E-state index contributed by atoms with van der Waals surface area (Å²) in [5, 5.41) is 16.6. The highest BCUT2D eigenvalue weighted by Crippen LogP contribution is 2.32. The van der Waals surface area contributed by atoms with Crippen molar-refractivity contribution in [3.8, 4) is 34.3 Å². The number of fused-ring (bicyclic) bond motifs is 1. The van der Waals surface area contributed by atoms with Gasteiger partial charge in [0.2, 0.25) is 5.89 Å². The van der Waals surface area contributed by atoms with Crippen molar-refractivity contribution >= 4 is 5.65 Å². The number of alkyl halides is 3. The number of nitrogens with zero attached hydrogens (tertiary/aromatic N) is 7. The fourth-order valence-corrected chi connectivity index (χ4v) is 3.23. The Morgan fingerprint density at radius 3 is 2.58 bits per heavy atom. The quantitative estimate of drug-likeness (QED) is 0.431. The van der Waals surface area contributed by atoms with E-state index in [1.54, 1.807) is 27.7 Å². The SMILES string of the molecule is Cc1c(-c2ccnc3cc(-c4nnc(-c5cccc(C(F)(F)F)c5)o4)nn23)cnn1C. The van der Waals surface area contributed by atoms with Gasteiger partial charge in [0, 0.05) is 36.1 Å². The van der Waals surface area contributed by atoms with Gasteiger partial charge in [0.1, 0.15) is 0 Å². The van der Waals surface area contributed by atoms with Gasteiger partial charge in [-0.05, 0) is 31.2 Å². The number of rotatable bonds is 3. The highest BCUT2D eigenvalue weighted by molar-refractivity contribution is 5.67. The minimum atomic E-state index is -4.47. The van der Waals surface area contributed by atoms with Crippen molar-refractivity contribution < 1.29 is 17.6 Å². The molecule has 0 aliphatic carbocycles. The third-order valence-corrected chi connectivity index (χ3v) is 4.95. The second-order valence-corrected chi connectivity index (χ2v) is 6.89. The highest BCUT2D eigenvalue weighted by atomic mass is 19.4. The monoisotopic (exact) mass is 425 g/mol. The number of hydrogen-bond donors (Lipinski definition) is 0. The predicted molar refractivity (Wildman–Crippen MR) is 104 cm³/mol. The molecule has 0 atom stereocenters. The van der Waals surface area contributed by atoms with E-state index in [-0.39, 0.29) is 17.3 Å². The van der Waals surface area contributed by atoms with Crippen LogP contribution in [0.5, 0.6) is 0 Å². The standard InChI is InChI=1S/C20H14F3N7O/c1-11-14(10-25-29(11)2)16-6-7-24-17-9-15(28-30(16)17)19-27-26-18(31-19)12-4-3-5-13(8-12)20(21,22)23/h3-10H,1-2H3. The molecule has 0 spiro atoms. The average Bonchev–Trinajstić information content (AvgIpc) is 3.46. The molecule has 0 saturated heterocycles. The molecule has 0 radical (unpaired) electrons. The summed E-state index contributed by atoms with van der Waals surface area (Å²) < 4.78 is 48.0. The molecular weight excluding hydrogens is 411 g/mol. The van der Waals surface area contributed by atoms with Crippen molar-refractivity contribution in [3.63, 3.8) is 0 Å². The first-order chi connectivity index (χ1) is 14.8. The van der Waals surface area contributed by atoms with Crippen LogP contribution in [0.2, 0.25) is 0 Å². The first-order valence-corrected chi connectivity index (χ1v) is 9.16. The number of benzene rings is 1. The van der Waals surface area contributed by atoms with E-state index in [0.717, 1.165) is 29.1 Å². The summed E-state index contributed by atoms with van der Waals surface area (Å²) in [4.78, 5) is 4.31. The lowest BCUT2D eigenvalue weighted by molar-refractivity contribution is -0.137. The van der Waals surface area contributed by atoms with E-state index in [1.165, 1.54) is 12.1 Å². The molecule has 0 amide bonds. The van der Waals surface area contributed by atoms with E-state index in [4.69, 9.17) is 4.42 Å². The first kappa shape index (κ1) is 19.0. The van der Waals surface area contributed by atoms with Crippen LogP contribution in [0.3, 0.4) is 0 Å². The zero-order valence-corrected chi connectivity index (χ0v) is 16.3. The fourth-order valence-electron chi connectivity index (χ4n) is 3.23. The normalized spacial score (nSPS) is 12.0. The second kappa shape index (κ2) is 6.76. The lowest BCUT2D eigenvalue weighted by Gasteiger charge is -2.06. The maximum absolute atomic E-state index is 13.0. The molecule has 4 heterocycles. The molecule has 156 valence electrons. The van der Waals surface area contributed by atoms with Crippen LogP contribution in [0.15, 0.2) is 53.2 Å². The Labute approximate surface area is 173 Å². The van der Waals surface area contributed by atoms with Gasteiger partial charge < -0.3 is 4.42 Å². The van der Waals surface area contributed by atoms with Crippen LogP contribution < -0.4 is 0 Å². The van der Waals surface area contributed by atoms with E-state index in [9.17, 15) is 13.2 Å². The minimum absolute atomic E-state index is 0.0329. The Morgan fingerprint density at radius 2 is 1.84 bits per heavy atom. The van der Waals surface area contributed by atoms with E-state index < -0.39 is 11.7 Å². The molecule has 0 aliphatic rings. The van der Waals surface area contributed by atoms with E-state index in [1.807, 2.05) is 20.0 Å². The lowest BCUT2D eigenvalue weighted by atomic mass is 10.1. The number of hydrogen-bond acceptors (Lipinski definition) is 6. The fraction of sp³-hybridized carbons (Fsp3) is 0.150. The Morgan fingerprint density at radius 1 is 1.03 bits per heavy atom. The third-order valence-electron chi connectivity index (χ3n) is 4.95. The van der Waals surface area contributed by atoms with E-state index in [0.29, 0.717) is 11.3 Å². The molecular formula is C20H14F3N7O. The molecule has 5 aromatic rings. The number of halogens is 3. The summed E-state index contributed by atoms with van der Waals surface area (Å²) in [5.74, 6) is 0.0428. The Hall–Kier alpha value is -4.02. The van der Waals surface area contributed by atoms with Gasteiger partial charge in [-0.15, -0.1) is 10.2 Å². The van der Waals surface area contributed by atoms with E-state index in [2.05, 4.69) is 25.4 Å². The molecule has 8 nitrogen and oxygen atoms in total. The van der Waals surface area contributed by atoms with Gasteiger partial charge >= 0.3 is 6.18 Å².